The van der Waals surface area contributed by atoms with Crippen LogP contribution in [0.4, 0.5) is 0 Å². The van der Waals surface area contributed by atoms with Crippen molar-refractivity contribution in [3.05, 3.63) is 12.2 Å². The van der Waals surface area contributed by atoms with Gasteiger partial charge in [-0.25, -0.2) is 0 Å². The third kappa shape index (κ3) is 30.5. The molecule has 2 unspecified atom stereocenters. The summed E-state index contributed by atoms with van der Waals surface area (Å²) in [5.74, 6) is -0.804. The highest BCUT2D eigenvalue weighted by atomic mass is 16.7. The predicted octanol–water partition coefficient (Wildman–Crippen LogP) is 10.7. The zero-order valence-electron chi connectivity index (χ0n) is 37.3. The number of ether oxygens (including phenoxy) is 4. The molecule has 1 aliphatic heterocycles. The number of esters is 2. The number of hydrogen-bond acceptors (Lipinski definition) is 10. The molecule has 10 nitrogen and oxygen atoms in total. The van der Waals surface area contributed by atoms with Crippen molar-refractivity contribution in [1.29, 1.82) is 0 Å². The van der Waals surface area contributed by atoms with Crippen molar-refractivity contribution in [3.63, 3.8) is 0 Å². The topological polar surface area (TPSA) is 152 Å². The summed E-state index contributed by atoms with van der Waals surface area (Å²) in [5.41, 5.74) is 0. The summed E-state index contributed by atoms with van der Waals surface area (Å²) in [6, 6.07) is 0. The smallest absolute Gasteiger partial charge is 0.306 e. The van der Waals surface area contributed by atoms with Gasteiger partial charge in [-0.2, -0.15) is 0 Å². The Labute approximate surface area is 354 Å². The molecule has 1 aliphatic rings. The van der Waals surface area contributed by atoms with Gasteiger partial charge in [0.25, 0.3) is 0 Å². The van der Waals surface area contributed by atoms with Crippen molar-refractivity contribution in [2.24, 2.45) is 0 Å². The molecule has 1 saturated heterocycles. The molecule has 0 bridgehead atoms. The zero-order valence-corrected chi connectivity index (χ0v) is 37.3. The molecule has 6 atom stereocenters. The van der Waals surface area contributed by atoms with Crippen molar-refractivity contribution >= 4 is 11.9 Å². The molecule has 1 rings (SSSR count). The number of carbonyl (C=O) groups excluding carboxylic acids is 2. The van der Waals surface area contributed by atoms with Crippen molar-refractivity contribution in [3.8, 4) is 0 Å². The molecule has 342 valence electrons. The third-order valence-electron chi connectivity index (χ3n) is 11.4. The van der Waals surface area contributed by atoms with Gasteiger partial charge in [-0.05, 0) is 38.5 Å². The number of allylic oxidation sites excluding steroid dienone is 2. The number of carbonyl (C=O) groups is 2. The lowest BCUT2D eigenvalue weighted by Gasteiger charge is -2.39. The summed E-state index contributed by atoms with van der Waals surface area (Å²) in [5, 5.41) is 40.1. The SMILES string of the molecule is CCCCCCC/C=C/CCCCCCCC(=O)O[C@@H](COC(=O)CCCCCCCCCCCCCCCCCCCCC)CO[C@H]1O[C@@H](CO)[C@@H](O)C(O)C1O. The van der Waals surface area contributed by atoms with Gasteiger partial charge in [0.15, 0.2) is 12.4 Å². The van der Waals surface area contributed by atoms with Crippen LogP contribution in [0, 0.1) is 0 Å². The summed E-state index contributed by atoms with van der Waals surface area (Å²) in [6.07, 6.45) is 35.0. The van der Waals surface area contributed by atoms with E-state index < -0.39 is 49.4 Å². The van der Waals surface area contributed by atoms with Gasteiger partial charge in [-0.3, -0.25) is 9.59 Å². The minimum absolute atomic E-state index is 0.215. The maximum atomic E-state index is 12.8. The molecule has 0 aromatic heterocycles. The molecule has 0 aliphatic carbocycles. The van der Waals surface area contributed by atoms with Crippen LogP contribution in [-0.4, -0.2) is 89.0 Å². The van der Waals surface area contributed by atoms with Crippen LogP contribution >= 0.6 is 0 Å². The van der Waals surface area contributed by atoms with Gasteiger partial charge in [0.1, 0.15) is 31.0 Å². The average molecular weight is 827 g/mol. The van der Waals surface area contributed by atoms with Gasteiger partial charge in [-0.1, -0.05) is 187 Å². The molecule has 0 aromatic carbocycles. The maximum Gasteiger partial charge on any atom is 0.306 e. The van der Waals surface area contributed by atoms with E-state index in [9.17, 15) is 30.0 Å². The molecule has 0 amide bonds. The Bertz CT molecular complexity index is 959. The van der Waals surface area contributed by atoms with Crippen molar-refractivity contribution in [2.75, 3.05) is 19.8 Å². The molecule has 0 radical (unpaired) electrons. The predicted molar refractivity (Wildman–Crippen MR) is 233 cm³/mol. The molecular weight excluding hydrogens is 737 g/mol. The van der Waals surface area contributed by atoms with E-state index in [1.54, 1.807) is 0 Å². The number of rotatable bonds is 41. The molecule has 0 spiro atoms. The largest absolute Gasteiger partial charge is 0.462 e. The third-order valence-corrected chi connectivity index (χ3v) is 11.4. The first-order chi connectivity index (χ1) is 28.3. The summed E-state index contributed by atoms with van der Waals surface area (Å²) in [4.78, 5) is 25.4. The highest BCUT2D eigenvalue weighted by Crippen LogP contribution is 2.23. The molecule has 1 heterocycles. The summed E-state index contributed by atoms with van der Waals surface area (Å²) < 4.78 is 22.2. The van der Waals surface area contributed by atoms with Crippen LogP contribution in [-0.2, 0) is 28.5 Å². The van der Waals surface area contributed by atoms with Gasteiger partial charge >= 0.3 is 11.9 Å². The van der Waals surface area contributed by atoms with Crippen LogP contribution in [0.15, 0.2) is 12.2 Å². The van der Waals surface area contributed by atoms with E-state index in [4.69, 9.17) is 18.9 Å². The maximum absolute atomic E-state index is 12.8. The second-order valence-corrected chi connectivity index (χ2v) is 16.9. The average Bonchev–Trinajstić information content (AvgIpc) is 3.22. The zero-order chi connectivity index (χ0) is 42.3. The Morgan fingerprint density at radius 2 is 0.914 bits per heavy atom. The van der Waals surface area contributed by atoms with Crippen LogP contribution in [0.5, 0.6) is 0 Å². The van der Waals surface area contributed by atoms with Gasteiger partial charge in [0, 0.05) is 12.8 Å². The first-order valence-electron chi connectivity index (χ1n) is 24.3. The van der Waals surface area contributed by atoms with Crippen LogP contribution in [0.1, 0.15) is 226 Å². The lowest BCUT2D eigenvalue weighted by atomic mass is 9.99. The Morgan fingerprint density at radius 1 is 0.517 bits per heavy atom. The van der Waals surface area contributed by atoms with E-state index in [1.165, 1.54) is 141 Å². The van der Waals surface area contributed by atoms with Gasteiger partial charge < -0.3 is 39.4 Å². The Kier molecular flexibility index (Phi) is 37.2. The van der Waals surface area contributed by atoms with Crippen LogP contribution in [0.25, 0.3) is 0 Å². The quantitative estimate of drug-likeness (QED) is 0.0266. The summed E-state index contributed by atoms with van der Waals surface area (Å²) in [6.45, 7) is 3.44. The van der Waals surface area contributed by atoms with Crippen molar-refractivity contribution < 1.29 is 49.0 Å². The van der Waals surface area contributed by atoms with Gasteiger partial charge in [0.05, 0.1) is 13.2 Å². The van der Waals surface area contributed by atoms with E-state index in [0.29, 0.717) is 6.42 Å². The normalized spacial score (nSPS) is 20.1. The van der Waals surface area contributed by atoms with Crippen molar-refractivity contribution in [2.45, 2.75) is 263 Å². The second-order valence-electron chi connectivity index (χ2n) is 16.9. The lowest BCUT2D eigenvalue weighted by Crippen LogP contribution is -2.59. The number of aliphatic hydroxyl groups is 4. The fourth-order valence-electron chi connectivity index (χ4n) is 7.54. The minimum atomic E-state index is -1.59. The monoisotopic (exact) mass is 827 g/mol. The van der Waals surface area contributed by atoms with Gasteiger partial charge in [0.2, 0.25) is 0 Å². The Morgan fingerprint density at radius 3 is 1.34 bits per heavy atom. The number of aliphatic hydroxyl groups excluding tert-OH is 4. The molecule has 0 saturated carbocycles. The van der Waals surface area contributed by atoms with E-state index in [1.807, 2.05) is 0 Å². The second kappa shape index (κ2) is 39.6. The Balaban J connectivity index is 2.27. The highest BCUT2D eigenvalue weighted by Gasteiger charge is 2.44. The highest BCUT2D eigenvalue weighted by molar-refractivity contribution is 5.70. The van der Waals surface area contributed by atoms with E-state index in [0.717, 1.165) is 51.4 Å². The summed E-state index contributed by atoms with van der Waals surface area (Å²) in [7, 11) is 0. The molecular formula is C48H90O10. The van der Waals surface area contributed by atoms with Crippen LogP contribution in [0.2, 0.25) is 0 Å². The number of unbranched alkanes of at least 4 members (excludes halogenated alkanes) is 28. The first kappa shape index (κ1) is 54.5. The minimum Gasteiger partial charge on any atom is -0.462 e. The standard InChI is InChI=1S/C48H90O10/c1-3-5-7-9-11-13-15-17-19-20-21-22-23-25-26-28-30-32-34-36-43(50)55-39-41(40-56-48-47(54)46(53)45(52)42(38-49)58-48)57-44(51)37-35-33-31-29-27-24-18-16-14-12-10-8-6-4-2/h16,18,41-42,45-49,52-54H,3-15,17,19-40H2,1-2H3/b18-16+/t41-,42-,45+,46?,47?,48-/m0/s1. The fraction of sp³-hybridized carbons (Fsp3) is 0.917. The van der Waals surface area contributed by atoms with E-state index in [2.05, 4.69) is 26.0 Å². The van der Waals surface area contributed by atoms with E-state index in [-0.39, 0.29) is 32.0 Å². The van der Waals surface area contributed by atoms with Gasteiger partial charge in [-0.15, -0.1) is 0 Å². The first-order valence-corrected chi connectivity index (χ1v) is 24.3. The molecule has 10 heteroatoms. The van der Waals surface area contributed by atoms with E-state index >= 15 is 0 Å². The molecule has 58 heavy (non-hydrogen) atoms. The molecule has 4 N–H and O–H groups in total. The lowest BCUT2D eigenvalue weighted by molar-refractivity contribution is -0.305. The molecule has 0 aromatic rings. The van der Waals surface area contributed by atoms with Crippen LogP contribution < -0.4 is 0 Å². The fourth-order valence-corrected chi connectivity index (χ4v) is 7.54. The molecule has 1 fully saturated rings. The van der Waals surface area contributed by atoms with Crippen molar-refractivity contribution in [1.82, 2.24) is 0 Å². The van der Waals surface area contributed by atoms with Crippen LogP contribution in [0.3, 0.4) is 0 Å². The summed E-state index contributed by atoms with van der Waals surface area (Å²) >= 11 is 0. The number of hydrogen-bond donors (Lipinski definition) is 4. The Hall–Kier alpha value is -1.56.